The fourth-order valence-corrected chi connectivity index (χ4v) is 2.55. The Hall–Kier alpha value is -2.03. The van der Waals surface area contributed by atoms with Crippen molar-refractivity contribution >= 4 is 22.3 Å². The van der Waals surface area contributed by atoms with Crippen molar-refractivity contribution in [1.29, 1.82) is 5.41 Å². The minimum absolute atomic E-state index is 0.123. The van der Waals surface area contributed by atoms with E-state index < -0.39 is 0 Å². The van der Waals surface area contributed by atoms with Crippen molar-refractivity contribution in [2.75, 3.05) is 18.5 Å². The highest BCUT2D eigenvalue weighted by Crippen LogP contribution is 2.29. The third-order valence-corrected chi connectivity index (χ3v) is 3.88. The molecule has 0 spiro atoms. The molecule has 0 fully saturated rings. The molecule has 0 amide bonds. The Bertz CT molecular complexity index is 619. The molecule has 0 aliphatic heterocycles. The van der Waals surface area contributed by atoms with Gasteiger partial charge in [-0.05, 0) is 23.4 Å². The predicted molar refractivity (Wildman–Crippen MR) is 87.7 cm³/mol. The van der Waals surface area contributed by atoms with Crippen molar-refractivity contribution < 1.29 is 0 Å². The van der Waals surface area contributed by atoms with Gasteiger partial charge in [-0.25, -0.2) is 0 Å². The van der Waals surface area contributed by atoms with Gasteiger partial charge in [0.25, 0.3) is 0 Å². The van der Waals surface area contributed by atoms with Crippen LogP contribution in [0.4, 0.5) is 5.69 Å². The lowest BCUT2D eigenvalue weighted by Crippen LogP contribution is -2.24. The number of fused-ring (bicyclic) bond motifs is 1. The van der Waals surface area contributed by atoms with Crippen molar-refractivity contribution in [3.05, 3.63) is 42.0 Å². The van der Waals surface area contributed by atoms with E-state index in [9.17, 15) is 0 Å². The van der Waals surface area contributed by atoms with Crippen molar-refractivity contribution in [2.24, 2.45) is 11.7 Å². The third-order valence-electron chi connectivity index (χ3n) is 3.88. The second-order valence-electron chi connectivity index (χ2n) is 5.49. The summed E-state index contributed by atoms with van der Waals surface area (Å²) in [5.74, 6) is 0.781. The van der Waals surface area contributed by atoms with Crippen LogP contribution in [-0.2, 0) is 0 Å². The zero-order valence-electron chi connectivity index (χ0n) is 12.5. The summed E-state index contributed by atoms with van der Waals surface area (Å²) in [5.41, 5.74) is 7.68. The molecule has 0 saturated heterocycles. The van der Waals surface area contributed by atoms with E-state index >= 15 is 0 Å². The highest BCUT2D eigenvalue weighted by atomic mass is 15.1. The molecule has 3 N–H and O–H groups in total. The molecular weight excluding hydrogens is 246 g/mol. The molecule has 1 atom stereocenters. The molecule has 106 valence electrons. The molecule has 20 heavy (non-hydrogen) atoms. The van der Waals surface area contributed by atoms with Crippen LogP contribution >= 0.6 is 0 Å². The van der Waals surface area contributed by atoms with Crippen LogP contribution in [0.15, 0.2) is 36.4 Å². The number of nitrogens with two attached hydrogens (primary N) is 1. The number of anilines is 1. The zero-order chi connectivity index (χ0) is 14.7. The van der Waals surface area contributed by atoms with E-state index in [4.69, 9.17) is 11.1 Å². The average molecular weight is 269 g/mol. The Morgan fingerprint density at radius 2 is 1.85 bits per heavy atom. The summed E-state index contributed by atoms with van der Waals surface area (Å²) in [6.45, 7) is 5.51. The summed E-state index contributed by atoms with van der Waals surface area (Å²) in [4.78, 5) is 2.29. The Labute approximate surface area is 120 Å². The van der Waals surface area contributed by atoms with Crippen LogP contribution in [-0.4, -0.2) is 19.4 Å². The number of amidine groups is 1. The molecule has 0 radical (unpaired) electrons. The average Bonchev–Trinajstić information content (AvgIpc) is 2.45. The molecular formula is C17H23N3. The number of hydrogen-bond acceptors (Lipinski definition) is 2. The van der Waals surface area contributed by atoms with Crippen LogP contribution < -0.4 is 10.6 Å². The number of nitrogens with zero attached hydrogens (tertiary/aromatic N) is 1. The minimum Gasteiger partial charge on any atom is -0.384 e. The lowest BCUT2D eigenvalue weighted by atomic mass is 10.0. The number of hydrogen-bond donors (Lipinski definition) is 2. The fourth-order valence-electron chi connectivity index (χ4n) is 2.55. The van der Waals surface area contributed by atoms with Gasteiger partial charge in [0.2, 0.25) is 0 Å². The minimum atomic E-state index is 0.123. The lowest BCUT2D eigenvalue weighted by molar-refractivity contribution is 0.560. The monoisotopic (exact) mass is 269 g/mol. The summed E-state index contributed by atoms with van der Waals surface area (Å²) < 4.78 is 0. The third kappa shape index (κ3) is 2.77. The number of nitrogen functional groups attached to an aromatic ring is 1. The van der Waals surface area contributed by atoms with Gasteiger partial charge in [-0.3, -0.25) is 5.41 Å². The normalized spacial score (nSPS) is 12.3. The number of benzene rings is 2. The topological polar surface area (TPSA) is 53.1 Å². The standard InChI is InChI=1S/C17H23N3/c1-4-12(2)11-20(3)16-10-9-15(17(18)19)13-7-5-6-8-14(13)16/h5-10,12H,4,11H2,1-3H3,(H3,18,19). The molecule has 0 aliphatic rings. The molecule has 0 heterocycles. The van der Waals surface area contributed by atoms with Gasteiger partial charge in [0.15, 0.2) is 0 Å². The van der Waals surface area contributed by atoms with Crippen LogP contribution in [0.3, 0.4) is 0 Å². The molecule has 0 saturated carbocycles. The molecule has 2 rings (SSSR count). The summed E-state index contributed by atoms with van der Waals surface area (Å²) in [5, 5.41) is 9.91. The summed E-state index contributed by atoms with van der Waals surface area (Å²) >= 11 is 0. The number of rotatable bonds is 5. The van der Waals surface area contributed by atoms with E-state index in [0.29, 0.717) is 5.92 Å². The summed E-state index contributed by atoms with van der Waals surface area (Å²) in [7, 11) is 2.13. The first-order valence-corrected chi connectivity index (χ1v) is 7.11. The first-order valence-electron chi connectivity index (χ1n) is 7.11. The Morgan fingerprint density at radius 3 is 2.45 bits per heavy atom. The molecule has 0 aliphatic carbocycles. The predicted octanol–water partition coefficient (Wildman–Crippen LogP) is 3.61. The molecule has 2 aromatic carbocycles. The highest BCUT2D eigenvalue weighted by molar-refractivity contribution is 6.10. The quantitative estimate of drug-likeness (QED) is 0.643. The maximum absolute atomic E-state index is 7.70. The SMILES string of the molecule is CCC(C)CN(C)c1ccc(C(=N)N)c2ccccc12. The van der Waals surface area contributed by atoms with Crippen LogP contribution in [0.25, 0.3) is 10.8 Å². The number of nitrogens with one attached hydrogen (secondary N) is 1. The molecule has 1 unspecified atom stereocenters. The first kappa shape index (κ1) is 14.4. The smallest absolute Gasteiger partial charge is 0.123 e. The Morgan fingerprint density at radius 1 is 1.20 bits per heavy atom. The highest BCUT2D eigenvalue weighted by Gasteiger charge is 2.12. The lowest BCUT2D eigenvalue weighted by Gasteiger charge is -2.25. The van der Waals surface area contributed by atoms with Gasteiger partial charge < -0.3 is 10.6 Å². The van der Waals surface area contributed by atoms with Crippen molar-refractivity contribution in [3.8, 4) is 0 Å². The van der Waals surface area contributed by atoms with Gasteiger partial charge in [0.1, 0.15) is 5.84 Å². The largest absolute Gasteiger partial charge is 0.384 e. The van der Waals surface area contributed by atoms with Crippen LogP contribution in [0, 0.1) is 11.3 Å². The van der Waals surface area contributed by atoms with Crippen LogP contribution in [0.2, 0.25) is 0 Å². The van der Waals surface area contributed by atoms with Crippen LogP contribution in [0.5, 0.6) is 0 Å². The van der Waals surface area contributed by atoms with E-state index in [-0.39, 0.29) is 5.84 Å². The summed E-state index contributed by atoms with van der Waals surface area (Å²) in [6, 6.07) is 12.2. The summed E-state index contributed by atoms with van der Waals surface area (Å²) in [6.07, 6.45) is 1.17. The Balaban J connectivity index is 2.50. The van der Waals surface area contributed by atoms with Gasteiger partial charge in [-0.1, -0.05) is 44.5 Å². The maximum atomic E-state index is 7.70. The van der Waals surface area contributed by atoms with Crippen molar-refractivity contribution in [1.82, 2.24) is 0 Å². The molecule has 3 nitrogen and oxygen atoms in total. The van der Waals surface area contributed by atoms with E-state index in [1.165, 1.54) is 12.1 Å². The maximum Gasteiger partial charge on any atom is 0.123 e. The van der Waals surface area contributed by atoms with Crippen molar-refractivity contribution in [3.63, 3.8) is 0 Å². The molecule has 0 bridgehead atoms. The second-order valence-corrected chi connectivity index (χ2v) is 5.49. The first-order chi connectivity index (χ1) is 9.54. The van der Waals surface area contributed by atoms with Gasteiger partial charge in [0, 0.05) is 30.2 Å². The molecule has 0 aromatic heterocycles. The van der Waals surface area contributed by atoms with E-state index in [1.54, 1.807) is 0 Å². The van der Waals surface area contributed by atoms with Crippen molar-refractivity contribution in [2.45, 2.75) is 20.3 Å². The molecule has 2 aromatic rings. The second kappa shape index (κ2) is 5.95. The zero-order valence-corrected chi connectivity index (χ0v) is 12.5. The van der Waals surface area contributed by atoms with Gasteiger partial charge in [-0.2, -0.15) is 0 Å². The molecule has 3 heteroatoms. The van der Waals surface area contributed by atoms with E-state index in [1.807, 2.05) is 24.3 Å². The van der Waals surface area contributed by atoms with Gasteiger partial charge >= 0.3 is 0 Å². The van der Waals surface area contributed by atoms with Gasteiger partial charge in [0.05, 0.1) is 0 Å². The van der Waals surface area contributed by atoms with Crippen LogP contribution in [0.1, 0.15) is 25.8 Å². The van der Waals surface area contributed by atoms with E-state index in [2.05, 4.69) is 37.9 Å². The van der Waals surface area contributed by atoms with E-state index in [0.717, 1.165) is 22.9 Å². The van der Waals surface area contributed by atoms with Gasteiger partial charge in [-0.15, -0.1) is 0 Å². The Kier molecular flexibility index (Phi) is 4.28. The fraction of sp³-hybridized carbons (Fsp3) is 0.353.